The van der Waals surface area contributed by atoms with Gasteiger partial charge in [-0.1, -0.05) is 31.2 Å². The predicted molar refractivity (Wildman–Crippen MR) is 56.2 cm³/mol. The number of ether oxygens (including phenoxy) is 1. The molecule has 0 radical (unpaired) electrons. The molecule has 84 valence electrons. The molecule has 16 heavy (non-hydrogen) atoms. The number of methoxy groups -OCH3 is 1. The Morgan fingerprint density at radius 1 is 1.44 bits per heavy atom. The summed E-state index contributed by atoms with van der Waals surface area (Å²) in [6.07, 6.45) is 0. The standard InChI is InChI=1S/C12H12O4/c1-7-8-5-3-4-6-9(8)10(13)12(7,15)11(14)16-2/h3-7,15H,1-2H3. The van der Waals surface area contributed by atoms with Crippen LogP contribution in [0.3, 0.4) is 0 Å². The molecule has 1 N–H and O–H groups in total. The van der Waals surface area contributed by atoms with E-state index in [1.807, 2.05) is 0 Å². The molecule has 4 nitrogen and oxygen atoms in total. The van der Waals surface area contributed by atoms with E-state index >= 15 is 0 Å². The first-order valence-corrected chi connectivity index (χ1v) is 4.98. The number of benzene rings is 1. The van der Waals surface area contributed by atoms with Crippen molar-refractivity contribution in [2.24, 2.45) is 0 Å². The average Bonchev–Trinajstić information content (AvgIpc) is 2.52. The smallest absolute Gasteiger partial charge is 0.346 e. The highest BCUT2D eigenvalue weighted by Crippen LogP contribution is 2.41. The molecule has 0 aliphatic heterocycles. The third-order valence-electron chi connectivity index (χ3n) is 3.14. The van der Waals surface area contributed by atoms with Crippen molar-refractivity contribution in [3.05, 3.63) is 35.4 Å². The molecule has 0 fully saturated rings. The zero-order chi connectivity index (χ0) is 11.9. The fraction of sp³-hybridized carbons (Fsp3) is 0.333. The fourth-order valence-corrected chi connectivity index (χ4v) is 2.13. The Morgan fingerprint density at radius 3 is 2.62 bits per heavy atom. The van der Waals surface area contributed by atoms with Crippen molar-refractivity contribution in [3.8, 4) is 0 Å². The summed E-state index contributed by atoms with van der Waals surface area (Å²) in [5, 5.41) is 10.2. The molecule has 1 aliphatic carbocycles. The lowest BCUT2D eigenvalue weighted by Gasteiger charge is -2.22. The first-order valence-electron chi connectivity index (χ1n) is 4.98. The lowest BCUT2D eigenvalue weighted by Crippen LogP contribution is -2.47. The van der Waals surface area contributed by atoms with E-state index in [1.54, 1.807) is 31.2 Å². The van der Waals surface area contributed by atoms with Crippen molar-refractivity contribution < 1.29 is 19.4 Å². The van der Waals surface area contributed by atoms with Crippen molar-refractivity contribution in [1.29, 1.82) is 0 Å². The van der Waals surface area contributed by atoms with Gasteiger partial charge in [-0.25, -0.2) is 4.79 Å². The highest BCUT2D eigenvalue weighted by atomic mass is 16.5. The van der Waals surface area contributed by atoms with E-state index < -0.39 is 23.3 Å². The third-order valence-corrected chi connectivity index (χ3v) is 3.14. The number of ketones is 1. The zero-order valence-corrected chi connectivity index (χ0v) is 9.06. The van der Waals surface area contributed by atoms with Crippen molar-refractivity contribution in [3.63, 3.8) is 0 Å². The van der Waals surface area contributed by atoms with Gasteiger partial charge in [0.2, 0.25) is 11.4 Å². The van der Waals surface area contributed by atoms with Crippen LogP contribution in [0.15, 0.2) is 24.3 Å². The molecule has 0 amide bonds. The minimum Gasteiger partial charge on any atom is -0.467 e. The molecule has 2 atom stereocenters. The number of carbonyl (C=O) groups excluding carboxylic acids is 2. The number of Topliss-reactive ketones (excluding diaryl/α,β-unsaturated/α-hetero) is 1. The number of hydrogen-bond donors (Lipinski definition) is 1. The first-order chi connectivity index (χ1) is 7.53. The molecule has 0 heterocycles. The molecule has 1 aromatic rings. The second-order valence-electron chi connectivity index (χ2n) is 3.90. The van der Waals surface area contributed by atoms with Gasteiger partial charge in [-0.05, 0) is 5.56 Å². The molecule has 1 aliphatic rings. The second-order valence-corrected chi connectivity index (χ2v) is 3.90. The summed E-state index contributed by atoms with van der Waals surface area (Å²) in [6, 6.07) is 6.81. The Kier molecular flexibility index (Phi) is 2.31. The van der Waals surface area contributed by atoms with Crippen LogP contribution in [0.2, 0.25) is 0 Å². The number of rotatable bonds is 1. The summed E-state index contributed by atoms with van der Waals surface area (Å²) in [5.41, 5.74) is -0.998. The van der Waals surface area contributed by atoms with Crippen LogP contribution in [0.4, 0.5) is 0 Å². The van der Waals surface area contributed by atoms with E-state index in [1.165, 1.54) is 0 Å². The maximum absolute atomic E-state index is 12.0. The predicted octanol–water partition coefficient (Wildman–Crippen LogP) is 0.891. The van der Waals surface area contributed by atoms with Crippen molar-refractivity contribution in [1.82, 2.24) is 0 Å². The van der Waals surface area contributed by atoms with E-state index in [-0.39, 0.29) is 0 Å². The quantitative estimate of drug-likeness (QED) is 0.564. The van der Waals surface area contributed by atoms with Crippen LogP contribution in [-0.4, -0.2) is 29.6 Å². The SMILES string of the molecule is COC(=O)C1(O)C(=O)c2ccccc2C1C. The molecule has 0 saturated carbocycles. The third kappa shape index (κ3) is 1.13. The van der Waals surface area contributed by atoms with Gasteiger partial charge in [-0.3, -0.25) is 4.79 Å². The highest BCUT2D eigenvalue weighted by Gasteiger charge is 2.56. The molecule has 2 unspecified atom stereocenters. The van der Waals surface area contributed by atoms with E-state index in [2.05, 4.69) is 4.74 Å². The second kappa shape index (κ2) is 3.42. The molecule has 4 heteroatoms. The fourth-order valence-electron chi connectivity index (χ4n) is 2.13. The molecule has 0 bridgehead atoms. The topological polar surface area (TPSA) is 63.6 Å². The molecular formula is C12H12O4. The van der Waals surface area contributed by atoms with Gasteiger partial charge in [0.15, 0.2) is 0 Å². The van der Waals surface area contributed by atoms with Gasteiger partial charge in [-0.15, -0.1) is 0 Å². The van der Waals surface area contributed by atoms with Gasteiger partial charge >= 0.3 is 5.97 Å². The van der Waals surface area contributed by atoms with Crippen LogP contribution in [0.25, 0.3) is 0 Å². The minimum atomic E-state index is -2.07. The van der Waals surface area contributed by atoms with Gasteiger partial charge < -0.3 is 9.84 Å². The molecule has 0 aromatic heterocycles. The van der Waals surface area contributed by atoms with Gasteiger partial charge in [0.05, 0.1) is 7.11 Å². The number of aliphatic hydroxyl groups is 1. The Hall–Kier alpha value is -1.68. The Morgan fingerprint density at radius 2 is 2.06 bits per heavy atom. The number of esters is 1. The Labute approximate surface area is 92.8 Å². The first kappa shape index (κ1) is 10.8. The maximum Gasteiger partial charge on any atom is 0.346 e. The molecular weight excluding hydrogens is 208 g/mol. The van der Waals surface area contributed by atoms with E-state index in [4.69, 9.17) is 0 Å². The lowest BCUT2D eigenvalue weighted by atomic mass is 9.89. The minimum absolute atomic E-state index is 0.392. The van der Waals surface area contributed by atoms with E-state index in [0.29, 0.717) is 11.1 Å². The van der Waals surface area contributed by atoms with Gasteiger partial charge in [0, 0.05) is 11.5 Å². The van der Waals surface area contributed by atoms with Crippen LogP contribution in [-0.2, 0) is 9.53 Å². The summed E-state index contributed by atoms with van der Waals surface area (Å²) >= 11 is 0. The monoisotopic (exact) mass is 220 g/mol. The van der Waals surface area contributed by atoms with E-state index in [0.717, 1.165) is 7.11 Å². The van der Waals surface area contributed by atoms with Crippen LogP contribution in [0.5, 0.6) is 0 Å². The Balaban J connectivity index is 2.58. The summed E-state index contributed by atoms with van der Waals surface area (Å²) in [4.78, 5) is 23.5. The lowest BCUT2D eigenvalue weighted by molar-refractivity contribution is -0.158. The van der Waals surface area contributed by atoms with Crippen molar-refractivity contribution in [2.75, 3.05) is 7.11 Å². The largest absolute Gasteiger partial charge is 0.467 e. The van der Waals surface area contributed by atoms with Crippen molar-refractivity contribution >= 4 is 11.8 Å². The molecule has 0 spiro atoms. The van der Waals surface area contributed by atoms with Gasteiger partial charge in [0.1, 0.15) is 0 Å². The molecule has 0 saturated heterocycles. The summed E-state index contributed by atoms with van der Waals surface area (Å²) in [6.45, 7) is 1.64. The summed E-state index contributed by atoms with van der Waals surface area (Å²) in [7, 11) is 1.16. The summed E-state index contributed by atoms with van der Waals surface area (Å²) in [5.74, 6) is -2.06. The normalized spacial score (nSPS) is 27.7. The number of fused-ring (bicyclic) bond motifs is 1. The van der Waals surface area contributed by atoms with Crippen LogP contribution in [0, 0.1) is 0 Å². The van der Waals surface area contributed by atoms with Gasteiger partial charge in [0.25, 0.3) is 0 Å². The van der Waals surface area contributed by atoms with Crippen LogP contribution >= 0.6 is 0 Å². The molecule has 2 rings (SSSR count). The van der Waals surface area contributed by atoms with Gasteiger partial charge in [-0.2, -0.15) is 0 Å². The van der Waals surface area contributed by atoms with Crippen molar-refractivity contribution in [2.45, 2.75) is 18.4 Å². The molecule has 1 aromatic carbocycles. The number of hydrogen-bond acceptors (Lipinski definition) is 4. The highest BCUT2D eigenvalue weighted by molar-refractivity contribution is 6.19. The maximum atomic E-state index is 12.0. The average molecular weight is 220 g/mol. The van der Waals surface area contributed by atoms with Crippen LogP contribution in [0.1, 0.15) is 28.8 Å². The number of carbonyl (C=O) groups is 2. The summed E-state index contributed by atoms with van der Waals surface area (Å²) < 4.78 is 4.50. The Bertz CT molecular complexity index is 466. The van der Waals surface area contributed by atoms with E-state index in [9.17, 15) is 14.7 Å². The zero-order valence-electron chi connectivity index (χ0n) is 9.06. The van der Waals surface area contributed by atoms with Crippen LogP contribution < -0.4 is 0 Å².